The predicted octanol–water partition coefficient (Wildman–Crippen LogP) is 4.09. The number of hydrogen-bond donors (Lipinski definition) is 2. The van der Waals surface area contributed by atoms with Gasteiger partial charge in [0.1, 0.15) is 5.75 Å². The van der Waals surface area contributed by atoms with Crippen molar-refractivity contribution in [3.63, 3.8) is 0 Å². The molecule has 4 heteroatoms. The van der Waals surface area contributed by atoms with Crippen LogP contribution < -0.4 is 15.8 Å². The fourth-order valence-electron chi connectivity index (χ4n) is 1.67. The molecule has 0 aliphatic carbocycles. The van der Waals surface area contributed by atoms with Gasteiger partial charge < -0.3 is 15.8 Å². The number of rotatable bonds is 3. The molecule has 0 atom stereocenters. The Morgan fingerprint density at radius 1 is 1.17 bits per heavy atom. The van der Waals surface area contributed by atoms with Gasteiger partial charge in [0, 0.05) is 16.2 Å². The zero-order valence-corrected chi connectivity index (χ0v) is 11.9. The molecule has 3 nitrogen and oxygen atoms in total. The monoisotopic (exact) mass is 306 g/mol. The van der Waals surface area contributed by atoms with E-state index in [1.54, 1.807) is 7.11 Å². The first-order chi connectivity index (χ1) is 8.60. The number of benzene rings is 2. The highest BCUT2D eigenvalue weighted by atomic mass is 79.9. The molecular formula is C14H15BrN2O. The van der Waals surface area contributed by atoms with Gasteiger partial charge in [-0.2, -0.15) is 0 Å². The van der Waals surface area contributed by atoms with Crippen LogP contribution in [0.25, 0.3) is 0 Å². The van der Waals surface area contributed by atoms with E-state index in [-0.39, 0.29) is 0 Å². The van der Waals surface area contributed by atoms with Crippen LogP contribution in [0, 0.1) is 6.92 Å². The number of nitrogen functional groups attached to an aromatic ring is 1. The molecule has 0 aliphatic heterocycles. The maximum atomic E-state index is 5.78. The first-order valence-corrected chi connectivity index (χ1v) is 6.36. The fraction of sp³-hybridized carbons (Fsp3) is 0.143. The normalized spacial score (nSPS) is 10.2. The first-order valence-electron chi connectivity index (χ1n) is 5.57. The molecule has 3 N–H and O–H groups in total. The fourth-order valence-corrected chi connectivity index (χ4v) is 2.26. The van der Waals surface area contributed by atoms with Crippen LogP contribution in [0.2, 0.25) is 0 Å². The summed E-state index contributed by atoms with van der Waals surface area (Å²) >= 11 is 3.54. The molecule has 2 aromatic rings. The third-order valence-corrected chi connectivity index (χ3v) is 3.29. The van der Waals surface area contributed by atoms with E-state index in [2.05, 4.69) is 40.3 Å². The summed E-state index contributed by atoms with van der Waals surface area (Å²) in [6.07, 6.45) is 0. The molecule has 0 aromatic heterocycles. The van der Waals surface area contributed by atoms with Gasteiger partial charge in [0.15, 0.2) is 0 Å². The van der Waals surface area contributed by atoms with E-state index in [1.165, 1.54) is 5.56 Å². The van der Waals surface area contributed by atoms with Crippen LogP contribution in [0.4, 0.5) is 17.1 Å². The molecule has 0 saturated carbocycles. The summed E-state index contributed by atoms with van der Waals surface area (Å²) < 4.78 is 6.22. The van der Waals surface area contributed by atoms with Crippen molar-refractivity contribution in [1.82, 2.24) is 0 Å². The Balaban J connectivity index is 2.28. The van der Waals surface area contributed by atoms with E-state index < -0.39 is 0 Å². The molecule has 0 radical (unpaired) electrons. The van der Waals surface area contributed by atoms with Gasteiger partial charge in [0.05, 0.1) is 18.5 Å². The zero-order chi connectivity index (χ0) is 13.1. The minimum Gasteiger partial charge on any atom is -0.495 e. The number of methoxy groups -OCH3 is 1. The molecule has 0 spiro atoms. The summed E-state index contributed by atoms with van der Waals surface area (Å²) in [5, 5.41) is 3.32. The standard InChI is InChI=1S/C14H15BrN2O/c1-9-3-6-13(11(15)7-9)17-10-4-5-12(16)14(8-10)18-2/h3-8,17H,16H2,1-2H3. The second-order valence-electron chi connectivity index (χ2n) is 4.07. The lowest BCUT2D eigenvalue weighted by atomic mass is 10.2. The molecule has 0 aliphatic rings. The van der Waals surface area contributed by atoms with E-state index in [1.807, 2.05) is 24.3 Å². The maximum Gasteiger partial charge on any atom is 0.143 e. The average Bonchev–Trinajstić information content (AvgIpc) is 2.35. The number of hydrogen-bond acceptors (Lipinski definition) is 3. The van der Waals surface area contributed by atoms with Gasteiger partial charge in [0.2, 0.25) is 0 Å². The van der Waals surface area contributed by atoms with Crippen LogP contribution in [-0.2, 0) is 0 Å². The van der Waals surface area contributed by atoms with E-state index in [0.29, 0.717) is 11.4 Å². The average molecular weight is 307 g/mol. The third kappa shape index (κ3) is 2.76. The maximum absolute atomic E-state index is 5.78. The quantitative estimate of drug-likeness (QED) is 0.840. The molecule has 0 amide bonds. The largest absolute Gasteiger partial charge is 0.495 e. The van der Waals surface area contributed by atoms with E-state index in [4.69, 9.17) is 10.5 Å². The van der Waals surface area contributed by atoms with Crippen molar-refractivity contribution in [3.05, 3.63) is 46.4 Å². The Morgan fingerprint density at radius 3 is 2.61 bits per heavy atom. The highest BCUT2D eigenvalue weighted by Gasteiger charge is 2.04. The molecule has 94 valence electrons. The van der Waals surface area contributed by atoms with Crippen LogP contribution >= 0.6 is 15.9 Å². The smallest absolute Gasteiger partial charge is 0.143 e. The van der Waals surface area contributed by atoms with Gasteiger partial charge >= 0.3 is 0 Å². The summed E-state index contributed by atoms with van der Waals surface area (Å²) in [7, 11) is 1.61. The Bertz CT molecular complexity index is 570. The lowest BCUT2D eigenvalue weighted by Gasteiger charge is -2.11. The van der Waals surface area contributed by atoms with Crippen molar-refractivity contribution in [2.75, 3.05) is 18.2 Å². The minimum atomic E-state index is 0.631. The third-order valence-electron chi connectivity index (χ3n) is 2.64. The summed E-state index contributed by atoms with van der Waals surface area (Å²) in [6, 6.07) is 11.8. The van der Waals surface area contributed by atoms with Crippen molar-refractivity contribution in [3.8, 4) is 5.75 Å². The minimum absolute atomic E-state index is 0.631. The first kappa shape index (κ1) is 12.8. The van der Waals surface area contributed by atoms with Gasteiger partial charge in [-0.05, 0) is 52.7 Å². The van der Waals surface area contributed by atoms with Crippen molar-refractivity contribution in [1.29, 1.82) is 0 Å². The molecule has 18 heavy (non-hydrogen) atoms. The highest BCUT2D eigenvalue weighted by molar-refractivity contribution is 9.10. The van der Waals surface area contributed by atoms with E-state index in [0.717, 1.165) is 15.8 Å². The van der Waals surface area contributed by atoms with Crippen molar-refractivity contribution in [2.45, 2.75) is 6.92 Å². The van der Waals surface area contributed by atoms with Crippen molar-refractivity contribution < 1.29 is 4.74 Å². The molecular weight excluding hydrogens is 292 g/mol. The molecule has 2 rings (SSSR count). The van der Waals surface area contributed by atoms with Gasteiger partial charge in [-0.1, -0.05) is 6.07 Å². The Hall–Kier alpha value is -1.68. The van der Waals surface area contributed by atoms with Gasteiger partial charge in [-0.15, -0.1) is 0 Å². The van der Waals surface area contributed by atoms with Crippen molar-refractivity contribution in [2.24, 2.45) is 0 Å². The van der Waals surface area contributed by atoms with Crippen LogP contribution in [-0.4, -0.2) is 7.11 Å². The number of aryl methyl sites for hydroxylation is 1. The van der Waals surface area contributed by atoms with Crippen LogP contribution in [0.15, 0.2) is 40.9 Å². The molecule has 0 unspecified atom stereocenters. The number of nitrogens with two attached hydrogens (primary N) is 1. The van der Waals surface area contributed by atoms with Gasteiger partial charge in [-0.25, -0.2) is 0 Å². The second-order valence-corrected chi connectivity index (χ2v) is 4.92. The lowest BCUT2D eigenvalue weighted by Crippen LogP contribution is -1.96. The lowest BCUT2D eigenvalue weighted by molar-refractivity contribution is 0.417. The molecule has 0 heterocycles. The summed E-state index contributed by atoms with van der Waals surface area (Å²) in [6.45, 7) is 2.06. The SMILES string of the molecule is COc1cc(Nc2ccc(C)cc2Br)ccc1N. The molecule has 0 bridgehead atoms. The second kappa shape index (κ2) is 5.31. The highest BCUT2D eigenvalue weighted by Crippen LogP contribution is 2.30. The van der Waals surface area contributed by atoms with Crippen LogP contribution in [0.5, 0.6) is 5.75 Å². The molecule has 0 saturated heterocycles. The summed E-state index contributed by atoms with van der Waals surface area (Å²) in [5.41, 5.74) is 9.56. The summed E-state index contributed by atoms with van der Waals surface area (Å²) in [4.78, 5) is 0. The molecule has 2 aromatic carbocycles. The molecule has 0 fully saturated rings. The number of halogens is 1. The van der Waals surface area contributed by atoms with E-state index >= 15 is 0 Å². The number of nitrogens with one attached hydrogen (secondary N) is 1. The Kier molecular flexibility index (Phi) is 3.77. The summed E-state index contributed by atoms with van der Waals surface area (Å²) in [5.74, 6) is 0.670. The number of anilines is 3. The Labute approximate surface area is 115 Å². The van der Waals surface area contributed by atoms with Crippen LogP contribution in [0.1, 0.15) is 5.56 Å². The van der Waals surface area contributed by atoms with Crippen molar-refractivity contribution >= 4 is 33.0 Å². The number of ether oxygens (including phenoxy) is 1. The van der Waals surface area contributed by atoms with Gasteiger partial charge in [-0.3, -0.25) is 0 Å². The topological polar surface area (TPSA) is 47.3 Å². The predicted molar refractivity (Wildman–Crippen MR) is 79.6 cm³/mol. The van der Waals surface area contributed by atoms with Crippen LogP contribution in [0.3, 0.4) is 0 Å². The van der Waals surface area contributed by atoms with Gasteiger partial charge in [0.25, 0.3) is 0 Å². The van der Waals surface area contributed by atoms with E-state index in [9.17, 15) is 0 Å². The zero-order valence-electron chi connectivity index (χ0n) is 10.3. The Morgan fingerprint density at radius 2 is 1.94 bits per heavy atom.